The zero-order valence-electron chi connectivity index (χ0n) is 17.6. The maximum atomic E-state index is 3.92. The van der Waals surface area contributed by atoms with E-state index in [4.69, 9.17) is 0 Å². The second-order valence-electron chi connectivity index (χ2n) is 7.92. The third-order valence-electron chi connectivity index (χ3n) is 6.27. The zero-order valence-corrected chi connectivity index (χ0v) is 18.4. The first kappa shape index (κ1) is 18.2. The van der Waals surface area contributed by atoms with Crippen molar-refractivity contribution in [3.63, 3.8) is 0 Å². The van der Waals surface area contributed by atoms with Gasteiger partial charge in [-0.25, -0.2) is 0 Å². The molecule has 3 heterocycles. The van der Waals surface area contributed by atoms with Crippen molar-refractivity contribution in [2.45, 2.75) is 6.92 Å². The third kappa shape index (κ3) is 2.50. The highest BCUT2D eigenvalue weighted by atomic mass is 32.1. The molecular weight excluding hydrogens is 396 g/mol. The van der Waals surface area contributed by atoms with Gasteiger partial charge in [-0.2, -0.15) is 0 Å². The van der Waals surface area contributed by atoms with E-state index >= 15 is 0 Å². The summed E-state index contributed by atoms with van der Waals surface area (Å²) < 4.78 is 7.28. The normalized spacial score (nSPS) is 13.4. The predicted molar refractivity (Wildman–Crippen MR) is 137 cm³/mol. The van der Waals surface area contributed by atoms with Gasteiger partial charge in [0.2, 0.25) is 0 Å². The van der Waals surface area contributed by atoms with Crippen LogP contribution in [0.3, 0.4) is 0 Å². The van der Waals surface area contributed by atoms with E-state index in [0.717, 1.165) is 0 Å². The van der Waals surface area contributed by atoms with Crippen molar-refractivity contribution >= 4 is 66.3 Å². The molecule has 3 heteroatoms. The lowest BCUT2D eigenvalue weighted by molar-refractivity contribution is 1.02. The molecule has 0 unspecified atom stereocenters. The molecule has 0 spiro atoms. The summed E-state index contributed by atoms with van der Waals surface area (Å²) in [6.45, 7) is 6.03. The van der Waals surface area contributed by atoms with Crippen LogP contribution in [0.15, 0.2) is 79.5 Å². The first-order valence-electron chi connectivity index (χ1n) is 10.5. The summed E-state index contributed by atoms with van der Waals surface area (Å²) >= 11 is 1.87. The predicted octanol–water partition coefficient (Wildman–Crippen LogP) is 6.26. The minimum absolute atomic E-state index is 1.19. The summed E-state index contributed by atoms with van der Waals surface area (Å²) in [5, 5.41) is 6.43. The number of fused-ring (bicyclic) bond motifs is 6. The second-order valence-corrected chi connectivity index (χ2v) is 8.97. The van der Waals surface area contributed by atoms with E-state index in [1.807, 2.05) is 17.4 Å². The zero-order chi connectivity index (χ0) is 21.1. The van der Waals surface area contributed by atoms with Crippen LogP contribution in [-0.4, -0.2) is 9.13 Å². The molecule has 6 rings (SSSR count). The molecular formula is C28H22N2S. The Morgan fingerprint density at radius 1 is 0.903 bits per heavy atom. The van der Waals surface area contributed by atoms with Gasteiger partial charge < -0.3 is 9.13 Å². The standard InChI is InChI=1S/C28H22N2S/c1-4-9-20-22-13-12-21-23-17-24-18(14-15-30(24)19-10-7-6-8-11-19)16-25(23)29(3)27(21)28(22)31-26(20)5-2/h4-17H,1H2,2-3H3/b20-9-,26-5+. The molecule has 0 N–H and O–H groups in total. The Balaban J connectivity index is 1.76. The number of thiophene rings is 1. The quantitative estimate of drug-likeness (QED) is 0.314. The topological polar surface area (TPSA) is 9.86 Å². The van der Waals surface area contributed by atoms with Gasteiger partial charge in [0, 0.05) is 55.7 Å². The molecule has 6 aromatic rings. The number of aryl methyl sites for hydroxylation is 1. The molecule has 0 atom stereocenters. The minimum Gasteiger partial charge on any atom is -0.342 e. The van der Waals surface area contributed by atoms with Crippen molar-refractivity contribution in [3.8, 4) is 5.69 Å². The van der Waals surface area contributed by atoms with Gasteiger partial charge in [0.1, 0.15) is 0 Å². The molecule has 3 aromatic heterocycles. The third-order valence-corrected chi connectivity index (χ3v) is 7.57. The maximum absolute atomic E-state index is 3.92. The van der Waals surface area contributed by atoms with E-state index < -0.39 is 0 Å². The maximum Gasteiger partial charge on any atom is 0.0670 e. The van der Waals surface area contributed by atoms with Gasteiger partial charge in [-0.3, -0.25) is 0 Å². The van der Waals surface area contributed by atoms with Crippen LogP contribution in [0.2, 0.25) is 0 Å². The number of aromatic nitrogens is 2. The minimum atomic E-state index is 1.19. The molecule has 0 aliphatic heterocycles. The smallest absolute Gasteiger partial charge is 0.0670 e. The molecule has 3 aromatic carbocycles. The average molecular weight is 419 g/mol. The number of rotatable bonds is 2. The van der Waals surface area contributed by atoms with Crippen molar-refractivity contribution in [3.05, 3.63) is 89.3 Å². The highest BCUT2D eigenvalue weighted by Crippen LogP contribution is 2.36. The fourth-order valence-electron chi connectivity index (χ4n) is 4.84. The molecule has 2 nitrogen and oxygen atoms in total. The van der Waals surface area contributed by atoms with Crippen molar-refractivity contribution in [1.29, 1.82) is 0 Å². The number of allylic oxidation sites excluding steroid dienone is 1. The van der Waals surface area contributed by atoms with Crippen LogP contribution in [0.1, 0.15) is 6.92 Å². The summed E-state index contributed by atoms with van der Waals surface area (Å²) in [7, 11) is 2.19. The van der Waals surface area contributed by atoms with E-state index in [-0.39, 0.29) is 0 Å². The van der Waals surface area contributed by atoms with Crippen molar-refractivity contribution in [2.75, 3.05) is 0 Å². The lowest BCUT2D eigenvalue weighted by atomic mass is 10.1. The summed E-state index contributed by atoms with van der Waals surface area (Å²) in [5.74, 6) is 0. The highest BCUT2D eigenvalue weighted by molar-refractivity contribution is 7.18. The van der Waals surface area contributed by atoms with Crippen molar-refractivity contribution in [1.82, 2.24) is 9.13 Å². The fraction of sp³-hybridized carbons (Fsp3) is 0.0714. The molecule has 0 bridgehead atoms. The molecule has 31 heavy (non-hydrogen) atoms. The molecule has 0 aliphatic carbocycles. The summed E-state index contributed by atoms with van der Waals surface area (Å²) in [6, 6.07) is 22.0. The Kier molecular flexibility index (Phi) is 3.95. The van der Waals surface area contributed by atoms with Crippen LogP contribution in [0.25, 0.3) is 60.6 Å². The van der Waals surface area contributed by atoms with Crippen LogP contribution in [0, 0.1) is 0 Å². The van der Waals surface area contributed by atoms with Crippen molar-refractivity contribution < 1.29 is 0 Å². The first-order valence-corrected chi connectivity index (χ1v) is 11.3. The Labute approximate surface area is 184 Å². The van der Waals surface area contributed by atoms with Gasteiger partial charge in [0.25, 0.3) is 0 Å². The fourth-order valence-corrected chi connectivity index (χ4v) is 6.09. The van der Waals surface area contributed by atoms with Gasteiger partial charge >= 0.3 is 0 Å². The number of hydrogen-bond acceptors (Lipinski definition) is 1. The largest absolute Gasteiger partial charge is 0.342 e. The molecule has 0 amide bonds. The van der Waals surface area contributed by atoms with Gasteiger partial charge in [-0.1, -0.05) is 55.1 Å². The van der Waals surface area contributed by atoms with E-state index in [0.29, 0.717) is 0 Å². The van der Waals surface area contributed by atoms with Crippen LogP contribution in [0.4, 0.5) is 0 Å². The highest BCUT2D eigenvalue weighted by Gasteiger charge is 2.15. The van der Waals surface area contributed by atoms with Crippen LogP contribution >= 0.6 is 11.3 Å². The van der Waals surface area contributed by atoms with Crippen LogP contribution < -0.4 is 9.75 Å². The van der Waals surface area contributed by atoms with E-state index in [2.05, 4.69) is 109 Å². The molecule has 0 saturated carbocycles. The Hall–Kier alpha value is -3.56. The molecule has 150 valence electrons. The Bertz CT molecular complexity index is 1760. The summed E-state index contributed by atoms with van der Waals surface area (Å²) in [5.41, 5.74) is 5.00. The average Bonchev–Trinajstić information content (AvgIpc) is 3.46. The number of para-hydroxylation sites is 1. The molecule has 0 saturated heterocycles. The molecule has 0 fully saturated rings. The Morgan fingerprint density at radius 3 is 2.48 bits per heavy atom. The van der Waals surface area contributed by atoms with E-state index in [1.54, 1.807) is 0 Å². The van der Waals surface area contributed by atoms with Crippen LogP contribution in [0.5, 0.6) is 0 Å². The lowest BCUT2D eigenvalue weighted by Crippen LogP contribution is -2.17. The SMILES string of the molecule is C=C/C=c1\c(=C/C)sc2c1ccc1c3cc4c(ccn4-c4ccccc4)cc3n(C)c12. The summed E-state index contributed by atoms with van der Waals surface area (Å²) in [6.07, 6.45) is 8.37. The first-order chi connectivity index (χ1) is 15.2. The lowest BCUT2D eigenvalue weighted by Gasteiger charge is -2.05. The van der Waals surface area contributed by atoms with Crippen molar-refractivity contribution in [2.24, 2.45) is 7.05 Å². The summed E-state index contributed by atoms with van der Waals surface area (Å²) in [4.78, 5) is 0. The second kappa shape index (κ2) is 6.73. The van der Waals surface area contributed by atoms with Gasteiger partial charge in [0.05, 0.1) is 15.7 Å². The van der Waals surface area contributed by atoms with Crippen LogP contribution in [-0.2, 0) is 7.05 Å². The number of nitrogens with zero attached hydrogens (tertiary/aromatic N) is 2. The van der Waals surface area contributed by atoms with Gasteiger partial charge in [0.15, 0.2) is 0 Å². The monoisotopic (exact) mass is 418 g/mol. The number of hydrogen-bond donors (Lipinski definition) is 0. The van der Waals surface area contributed by atoms with E-state index in [1.165, 1.54) is 58.2 Å². The van der Waals surface area contributed by atoms with E-state index in [9.17, 15) is 0 Å². The molecule has 0 radical (unpaired) electrons. The number of benzene rings is 3. The van der Waals surface area contributed by atoms with Gasteiger partial charge in [-0.15, -0.1) is 11.3 Å². The molecule has 0 aliphatic rings. The van der Waals surface area contributed by atoms with Gasteiger partial charge in [-0.05, 0) is 37.3 Å². The Morgan fingerprint density at radius 2 is 1.71 bits per heavy atom.